The number of hydrogen-bond donors (Lipinski definition) is 1. The topological polar surface area (TPSA) is 29.3 Å². The molecule has 1 aliphatic heterocycles. The Hall–Kier alpha value is -0.930. The van der Waals surface area contributed by atoms with Crippen molar-refractivity contribution in [2.45, 2.75) is 32.7 Å². The van der Waals surface area contributed by atoms with E-state index in [0.29, 0.717) is 5.92 Å². The number of piperidine rings is 1. The van der Waals surface area contributed by atoms with Crippen LogP contribution in [0.25, 0.3) is 0 Å². The highest BCUT2D eigenvalue weighted by Gasteiger charge is 2.20. The Kier molecular flexibility index (Phi) is 5.34. The van der Waals surface area contributed by atoms with Crippen LogP contribution in [0.1, 0.15) is 31.7 Å². The summed E-state index contributed by atoms with van der Waals surface area (Å²) in [5.41, 5.74) is 6.89. The van der Waals surface area contributed by atoms with Crippen molar-refractivity contribution in [3.05, 3.63) is 35.6 Å². The maximum atomic E-state index is 12.8. The van der Waals surface area contributed by atoms with Gasteiger partial charge in [-0.05, 0) is 68.4 Å². The van der Waals surface area contributed by atoms with Crippen LogP contribution in [0.5, 0.6) is 0 Å². The molecule has 1 aromatic rings. The van der Waals surface area contributed by atoms with Gasteiger partial charge in [-0.2, -0.15) is 0 Å². The normalized spacial score (nSPS) is 19.5. The molecule has 0 spiro atoms. The second-order valence-corrected chi connectivity index (χ2v) is 5.92. The first kappa shape index (κ1) is 14.5. The van der Waals surface area contributed by atoms with E-state index in [9.17, 15) is 4.39 Å². The molecule has 0 amide bonds. The summed E-state index contributed by atoms with van der Waals surface area (Å²) < 4.78 is 12.8. The number of hydrogen-bond acceptors (Lipinski definition) is 2. The largest absolute Gasteiger partial charge is 0.330 e. The Labute approximate surface area is 115 Å². The van der Waals surface area contributed by atoms with Gasteiger partial charge in [-0.15, -0.1) is 0 Å². The lowest BCUT2D eigenvalue weighted by atomic mass is 9.88. The quantitative estimate of drug-likeness (QED) is 0.885. The van der Waals surface area contributed by atoms with E-state index in [0.717, 1.165) is 32.1 Å². The van der Waals surface area contributed by atoms with Crippen LogP contribution in [0.4, 0.5) is 4.39 Å². The van der Waals surface area contributed by atoms with Crippen LogP contribution in [-0.2, 0) is 6.54 Å². The second kappa shape index (κ2) is 7.01. The van der Waals surface area contributed by atoms with Gasteiger partial charge < -0.3 is 5.73 Å². The number of halogens is 1. The zero-order valence-corrected chi connectivity index (χ0v) is 11.8. The molecule has 0 saturated carbocycles. The van der Waals surface area contributed by atoms with Gasteiger partial charge in [0.1, 0.15) is 5.82 Å². The van der Waals surface area contributed by atoms with Crippen LogP contribution in [0.2, 0.25) is 0 Å². The average Bonchev–Trinajstić information content (AvgIpc) is 2.43. The van der Waals surface area contributed by atoms with Crippen LogP contribution < -0.4 is 5.73 Å². The smallest absolute Gasteiger partial charge is 0.123 e. The third kappa shape index (κ3) is 4.59. The third-order valence-electron chi connectivity index (χ3n) is 4.16. The lowest BCUT2D eigenvalue weighted by molar-refractivity contribution is 0.163. The molecule has 1 aliphatic rings. The minimum atomic E-state index is -0.154. The fourth-order valence-corrected chi connectivity index (χ4v) is 2.89. The first-order valence-corrected chi connectivity index (χ1v) is 7.34. The van der Waals surface area contributed by atoms with E-state index >= 15 is 0 Å². The van der Waals surface area contributed by atoms with Crippen molar-refractivity contribution < 1.29 is 4.39 Å². The van der Waals surface area contributed by atoms with Crippen molar-refractivity contribution >= 4 is 0 Å². The molecule has 1 fully saturated rings. The van der Waals surface area contributed by atoms with Gasteiger partial charge in [0.05, 0.1) is 0 Å². The number of benzene rings is 1. The molecule has 1 unspecified atom stereocenters. The minimum absolute atomic E-state index is 0.154. The highest BCUT2D eigenvalue weighted by molar-refractivity contribution is 5.15. The van der Waals surface area contributed by atoms with Gasteiger partial charge in [-0.25, -0.2) is 4.39 Å². The molecule has 2 nitrogen and oxygen atoms in total. The Morgan fingerprint density at radius 3 is 2.47 bits per heavy atom. The average molecular weight is 264 g/mol. The molecule has 0 aliphatic carbocycles. The van der Waals surface area contributed by atoms with E-state index in [4.69, 9.17) is 5.73 Å². The maximum absolute atomic E-state index is 12.8. The molecule has 1 atom stereocenters. The molecule has 0 radical (unpaired) electrons. The molecule has 0 bridgehead atoms. The fraction of sp³-hybridized carbons (Fsp3) is 0.625. The summed E-state index contributed by atoms with van der Waals surface area (Å²) >= 11 is 0. The lowest BCUT2D eigenvalue weighted by Crippen LogP contribution is -2.34. The monoisotopic (exact) mass is 264 g/mol. The van der Waals surface area contributed by atoms with Crippen molar-refractivity contribution in [2.24, 2.45) is 17.6 Å². The third-order valence-corrected chi connectivity index (χ3v) is 4.16. The molecule has 1 saturated heterocycles. The predicted octanol–water partition coefficient (Wildman–Crippen LogP) is 3.02. The Balaban J connectivity index is 1.75. The predicted molar refractivity (Wildman–Crippen MR) is 77.2 cm³/mol. The van der Waals surface area contributed by atoms with Crippen LogP contribution in [0.3, 0.4) is 0 Å². The summed E-state index contributed by atoms with van der Waals surface area (Å²) in [6.07, 6.45) is 3.80. The summed E-state index contributed by atoms with van der Waals surface area (Å²) in [5, 5.41) is 0. The summed E-state index contributed by atoms with van der Waals surface area (Å²) in [4.78, 5) is 2.47. The van der Waals surface area contributed by atoms with Crippen LogP contribution in [0, 0.1) is 17.7 Å². The van der Waals surface area contributed by atoms with E-state index in [1.807, 2.05) is 12.1 Å². The first-order chi connectivity index (χ1) is 9.17. The Morgan fingerprint density at radius 2 is 1.89 bits per heavy atom. The van der Waals surface area contributed by atoms with Crippen molar-refractivity contribution in [2.75, 3.05) is 19.6 Å². The van der Waals surface area contributed by atoms with E-state index in [1.54, 1.807) is 12.1 Å². The van der Waals surface area contributed by atoms with Crippen molar-refractivity contribution in [1.29, 1.82) is 0 Å². The molecule has 1 heterocycles. The standard InChI is InChI=1S/C16H25FN2/c1-13(11-18)10-14-6-8-19(9-7-14)12-15-2-4-16(17)5-3-15/h2-5,13-14H,6-12,18H2,1H3. The Morgan fingerprint density at radius 1 is 1.26 bits per heavy atom. The number of nitrogens with zero attached hydrogens (tertiary/aromatic N) is 1. The number of rotatable bonds is 5. The Bertz CT molecular complexity index is 369. The van der Waals surface area contributed by atoms with E-state index in [2.05, 4.69) is 11.8 Å². The van der Waals surface area contributed by atoms with Crippen LogP contribution in [0.15, 0.2) is 24.3 Å². The van der Waals surface area contributed by atoms with Gasteiger partial charge >= 0.3 is 0 Å². The second-order valence-electron chi connectivity index (χ2n) is 5.92. The van der Waals surface area contributed by atoms with Gasteiger partial charge in [-0.3, -0.25) is 4.90 Å². The molecule has 2 N–H and O–H groups in total. The molecule has 106 valence electrons. The van der Waals surface area contributed by atoms with Gasteiger partial charge in [0.15, 0.2) is 0 Å². The summed E-state index contributed by atoms with van der Waals surface area (Å²) in [6.45, 7) is 6.29. The van der Waals surface area contributed by atoms with Crippen LogP contribution >= 0.6 is 0 Å². The van der Waals surface area contributed by atoms with Gasteiger partial charge in [-0.1, -0.05) is 19.1 Å². The highest BCUT2D eigenvalue weighted by atomic mass is 19.1. The lowest BCUT2D eigenvalue weighted by Gasteiger charge is -2.33. The number of nitrogens with two attached hydrogens (primary N) is 1. The molecular weight excluding hydrogens is 239 g/mol. The van der Waals surface area contributed by atoms with Crippen LogP contribution in [-0.4, -0.2) is 24.5 Å². The highest BCUT2D eigenvalue weighted by Crippen LogP contribution is 2.24. The molecule has 2 rings (SSSR count). The molecule has 1 aromatic carbocycles. The first-order valence-electron chi connectivity index (χ1n) is 7.34. The van der Waals surface area contributed by atoms with E-state index in [1.165, 1.54) is 24.8 Å². The minimum Gasteiger partial charge on any atom is -0.330 e. The molecule has 3 heteroatoms. The summed E-state index contributed by atoms with van der Waals surface area (Å²) in [6, 6.07) is 6.87. The van der Waals surface area contributed by atoms with Gasteiger partial charge in [0.2, 0.25) is 0 Å². The fourth-order valence-electron chi connectivity index (χ4n) is 2.89. The zero-order chi connectivity index (χ0) is 13.7. The van der Waals surface area contributed by atoms with E-state index in [-0.39, 0.29) is 5.82 Å². The van der Waals surface area contributed by atoms with Crippen molar-refractivity contribution in [3.63, 3.8) is 0 Å². The summed E-state index contributed by atoms with van der Waals surface area (Å²) in [7, 11) is 0. The SMILES string of the molecule is CC(CN)CC1CCN(Cc2ccc(F)cc2)CC1. The summed E-state index contributed by atoms with van der Waals surface area (Å²) in [5.74, 6) is 1.33. The zero-order valence-electron chi connectivity index (χ0n) is 11.8. The van der Waals surface area contributed by atoms with Gasteiger partial charge in [0, 0.05) is 6.54 Å². The van der Waals surface area contributed by atoms with Crippen molar-refractivity contribution in [3.8, 4) is 0 Å². The van der Waals surface area contributed by atoms with Crippen molar-refractivity contribution in [1.82, 2.24) is 4.90 Å². The molecule has 0 aromatic heterocycles. The molecule has 19 heavy (non-hydrogen) atoms. The maximum Gasteiger partial charge on any atom is 0.123 e. The van der Waals surface area contributed by atoms with Gasteiger partial charge in [0.25, 0.3) is 0 Å². The van der Waals surface area contributed by atoms with E-state index < -0.39 is 0 Å². The number of likely N-dealkylation sites (tertiary alicyclic amines) is 1. The molecular formula is C16H25FN2.